The SMILES string of the molecule is CC(N)C(O)c1cnc2ccn(C)c2c1. The molecule has 0 aliphatic heterocycles. The molecule has 0 bridgehead atoms. The summed E-state index contributed by atoms with van der Waals surface area (Å²) in [5.74, 6) is 0. The van der Waals surface area contributed by atoms with Crippen LogP contribution in [0.25, 0.3) is 11.0 Å². The fourth-order valence-corrected chi connectivity index (χ4v) is 1.62. The molecule has 3 N–H and O–H groups in total. The highest BCUT2D eigenvalue weighted by molar-refractivity contribution is 5.76. The lowest BCUT2D eigenvalue weighted by atomic mass is 10.1. The Bertz CT molecular complexity index is 476. The Labute approximate surface area is 88.3 Å². The Morgan fingerprint density at radius 1 is 1.53 bits per heavy atom. The minimum Gasteiger partial charge on any atom is -0.387 e. The van der Waals surface area contributed by atoms with E-state index >= 15 is 0 Å². The summed E-state index contributed by atoms with van der Waals surface area (Å²) in [4.78, 5) is 4.27. The molecule has 4 nitrogen and oxygen atoms in total. The van der Waals surface area contributed by atoms with E-state index in [1.807, 2.05) is 29.9 Å². The lowest BCUT2D eigenvalue weighted by Crippen LogP contribution is -2.24. The van der Waals surface area contributed by atoms with Gasteiger partial charge in [0.25, 0.3) is 0 Å². The van der Waals surface area contributed by atoms with E-state index in [2.05, 4.69) is 4.98 Å². The Kier molecular flexibility index (Phi) is 2.46. The van der Waals surface area contributed by atoms with Crippen LogP contribution in [0.2, 0.25) is 0 Å². The van der Waals surface area contributed by atoms with Crippen LogP contribution >= 0.6 is 0 Å². The van der Waals surface area contributed by atoms with E-state index in [1.54, 1.807) is 13.1 Å². The van der Waals surface area contributed by atoms with Gasteiger partial charge in [0.1, 0.15) is 0 Å². The molecule has 2 heterocycles. The van der Waals surface area contributed by atoms with Crippen molar-refractivity contribution < 1.29 is 5.11 Å². The first-order valence-electron chi connectivity index (χ1n) is 4.94. The summed E-state index contributed by atoms with van der Waals surface area (Å²) in [6.07, 6.45) is 2.97. The number of aryl methyl sites for hydroxylation is 1. The van der Waals surface area contributed by atoms with Crippen molar-refractivity contribution in [1.82, 2.24) is 9.55 Å². The van der Waals surface area contributed by atoms with Gasteiger partial charge in [0.2, 0.25) is 0 Å². The van der Waals surface area contributed by atoms with Crippen LogP contribution in [-0.2, 0) is 7.05 Å². The fraction of sp³-hybridized carbons (Fsp3) is 0.364. The van der Waals surface area contributed by atoms with Gasteiger partial charge >= 0.3 is 0 Å². The van der Waals surface area contributed by atoms with Gasteiger partial charge in [0.15, 0.2) is 0 Å². The molecule has 2 rings (SSSR count). The van der Waals surface area contributed by atoms with Gasteiger partial charge in [-0.25, -0.2) is 0 Å². The van der Waals surface area contributed by atoms with Crippen molar-refractivity contribution in [2.45, 2.75) is 19.1 Å². The average Bonchev–Trinajstić information content (AvgIpc) is 2.59. The summed E-state index contributed by atoms with van der Waals surface area (Å²) in [5.41, 5.74) is 8.34. The summed E-state index contributed by atoms with van der Waals surface area (Å²) in [7, 11) is 1.95. The molecule has 2 unspecified atom stereocenters. The molecule has 2 atom stereocenters. The molecule has 0 radical (unpaired) electrons. The molecule has 4 heteroatoms. The first-order chi connectivity index (χ1) is 7.09. The molecule has 2 aromatic heterocycles. The van der Waals surface area contributed by atoms with E-state index < -0.39 is 6.10 Å². The second-order valence-electron chi connectivity index (χ2n) is 3.90. The van der Waals surface area contributed by atoms with Crippen molar-refractivity contribution in [3.8, 4) is 0 Å². The van der Waals surface area contributed by atoms with Crippen molar-refractivity contribution in [2.75, 3.05) is 0 Å². The van der Waals surface area contributed by atoms with Crippen LogP contribution in [0.5, 0.6) is 0 Å². The number of fused-ring (bicyclic) bond motifs is 1. The zero-order chi connectivity index (χ0) is 11.0. The largest absolute Gasteiger partial charge is 0.387 e. The van der Waals surface area contributed by atoms with E-state index in [0.29, 0.717) is 0 Å². The number of aromatic nitrogens is 2. The average molecular weight is 205 g/mol. The van der Waals surface area contributed by atoms with Crippen LogP contribution in [-0.4, -0.2) is 20.7 Å². The predicted molar refractivity (Wildman–Crippen MR) is 59.3 cm³/mol. The summed E-state index contributed by atoms with van der Waals surface area (Å²) in [6.45, 7) is 1.78. The van der Waals surface area contributed by atoms with Gasteiger partial charge < -0.3 is 15.4 Å². The fourth-order valence-electron chi connectivity index (χ4n) is 1.62. The van der Waals surface area contributed by atoms with Crippen molar-refractivity contribution in [1.29, 1.82) is 0 Å². The summed E-state index contributed by atoms with van der Waals surface area (Å²) in [5, 5.41) is 9.81. The molecule has 0 aromatic carbocycles. The van der Waals surface area contributed by atoms with Crippen LogP contribution < -0.4 is 5.73 Å². The molecular formula is C11H15N3O. The highest BCUT2D eigenvalue weighted by Crippen LogP contribution is 2.20. The Hall–Kier alpha value is -1.39. The molecule has 0 saturated heterocycles. The molecule has 0 aliphatic rings. The summed E-state index contributed by atoms with van der Waals surface area (Å²) >= 11 is 0. The van der Waals surface area contributed by atoms with E-state index in [9.17, 15) is 5.11 Å². The Balaban J connectivity index is 2.50. The van der Waals surface area contributed by atoms with Crippen LogP contribution in [0.1, 0.15) is 18.6 Å². The number of aliphatic hydroxyl groups is 1. The van der Waals surface area contributed by atoms with Gasteiger partial charge in [-0.05, 0) is 19.1 Å². The smallest absolute Gasteiger partial charge is 0.0953 e. The number of aliphatic hydroxyl groups excluding tert-OH is 1. The highest BCUT2D eigenvalue weighted by Gasteiger charge is 2.13. The minimum atomic E-state index is -0.656. The van der Waals surface area contributed by atoms with Gasteiger partial charge in [-0.1, -0.05) is 0 Å². The van der Waals surface area contributed by atoms with Gasteiger partial charge in [-0.3, -0.25) is 4.98 Å². The third-order valence-electron chi connectivity index (χ3n) is 2.59. The second kappa shape index (κ2) is 3.64. The zero-order valence-corrected chi connectivity index (χ0v) is 8.88. The lowest BCUT2D eigenvalue weighted by molar-refractivity contribution is 0.153. The van der Waals surface area contributed by atoms with Crippen LogP contribution in [0.3, 0.4) is 0 Å². The second-order valence-corrected chi connectivity index (χ2v) is 3.90. The van der Waals surface area contributed by atoms with Gasteiger partial charge in [0, 0.05) is 31.0 Å². The van der Waals surface area contributed by atoms with Crippen molar-refractivity contribution in [3.63, 3.8) is 0 Å². The molecule has 0 aliphatic carbocycles. The zero-order valence-electron chi connectivity index (χ0n) is 8.88. The van der Waals surface area contributed by atoms with Crippen LogP contribution in [0, 0.1) is 0 Å². The lowest BCUT2D eigenvalue weighted by Gasteiger charge is -2.14. The van der Waals surface area contributed by atoms with Crippen LogP contribution in [0.4, 0.5) is 0 Å². The van der Waals surface area contributed by atoms with Crippen molar-refractivity contribution in [2.24, 2.45) is 12.8 Å². The van der Waals surface area contributed by atoms with Crippen molar-refractivity contribution >= 4 is 11.0 Å². The third kappa shape index (κ3) is 1.73. The maximum atomic E-state index is 9.81. The third-order valence-corrected chi connectivity index (χ3v) is 2.59. The Morgan fingerprint density at radius 2 is 2.27 bits per heavy atom. The normalized spacial score (nSPS) is 15.5. The number of rotatable bonds is 2. The van der Waals surface area contributed by atoms with Crippen molar-refractivity contribution in [3.05, 3.63) is 30.1 Å². The summed E-state index contributed by atoms with van der Waals surface area (Å²) in [6, 6.07) is 3.58. The molecule has 0 amide bonds. The maximum Gasteiger partial charge on any atom is 0.0953 e. The topological polar surface area (TPSA) is 64.1 Å². The van der Waals surface area contributed by atoms with E-state index in [4.69, 9.17) is 5.73 Å². The highest BCUT2D eigenvalue weighted by atomic mass is 16.3. The minimum absolute atomic E-state index is 0.287. The first kappa shape index (κ1) is 10.1. The molecule has 0 fully saturated rings. The Morgan fingerprint density at radius 3 is 2.93 bits per heavy atom. The number of nitrogens with two attached hydrogens (primary N) is 1. The molecule has 0 saturated carbocycles. The van der Waals surface area contributed by atoms with E-state index in [0.717, 1.165) is 16.6 Å². The number of hydrogen-bond acceptors (Lipinski definition) is 3. The maximum absolute atomic E-state index is 9.81. The monoisotopic (exact) mass is 205 g/mol. The van der Waals surface area contributed by atoms with E-state index in [1.165, 1.54) is 0 Å². The van der Waals surface area contributed by atoms with Gasteiger partial charge in [0.05, 0.1) is 17.1 Å². The predicted octanol–water partition coefficient (Wildman–Crippen LogP) is 0.954. The quantitative estimate of drug-likeness (QED) is 0.767. The first-order valence-corrected chi connectivity index (χ1v) is 4.94. The summed E-state index contributed by atoms with van der Waals surface area (Å²) < 4.78 is 1.97. The number of nitrogens with zero attached hydrogens (tertiary/aromatic N) is 2. The molecular weight excluding hydrogens is 190 g/mol. The van der Waals surface area contributed by atoms with Crippen LogP contribution in [0.15, 0.2) is 24.5 Å². The number of hydrogen-bond donors (Lipinski definition) is 2. The molecule has 80 valence electrons. The molecule has 2 aromatic rings. The molecule has 0 spiro atoms. The van der Waals surface area contributed by atoms with Gasteiger partial charge in [-0.15, -0.1) is 0 Å². The molecule has 15 heavy (non-hydrogen) atoms. The number of pyridine rings is 1. The van der Waals surface area contributed by atoms with E-state index in [-0.39, 0.29) is 6.04 Å². The van der Waals surface area contributed by atoms with Gasteiger partial charge in [-0.2, -0.15) is 0 Å². The standard InChI is InChI=1S/C11H15N3O/c1-7(12)11(15)8-5-10-9(13-6-8)3-4-14(10)2/h3-7,11,15H,12H2,1-2H3.